The molecule has 2 heterocycles. The van der Waals surface area contributed by atoms with Crippen molar-refractivity contribution in [3.8, 4) is 0 Å². The van der Waals surface area contributed by atoms with Crippen LogP contribution in [0.4, 0.5) is 0 Å². The van der Waals surface area contributed by atoms with Gasteiger partial charge in [0, 0.05) is 10.9 Å². The SMILES string of the molecule is NCC1CCCCC1NC(=O)c1cn(Cc2cccs2)nn1. The molecule has 0 aromatic carbocycles. The molecule has 2 aromatic heterocycles. The summed E-state index contributed by atoms with van der Waals surface area (Å²) in [7, 11) is 0. The number of nitrogens with zero attached hydrogens (tertiary/aromatic N) is 3. The molecule has 0 spiro atoms. The van der Waals surface area contributed by atoms with Crippen LogP contribution in [0.3, 0.4) is 0 Å². The molecule has 0 radical (unpaired) electrons. The number of nitrogens with two attached hydrogens (primary N) is 1. The van der Waals surface area contributed by atoms with Crippen LogP contribution in [0, 0.1) is 5.92 Å². The molecule has 7 heteroatoms. The third-order valence-corrected chi connectivity index (χ3v) is 5.06. The van der Waals surface area contributed by atoms with Crippen LogP contribution >= 0.6 is 11.3 Å². The van der Waals surface area contributed by atoms with Crippen LogP contribution in [0.1, 0.15) is 41.0 Å². The first-order valence-electron chi connectivity index (χ1n) is 7.69. The highest BCUT2D eigenvalue weighted by molar-refractivity contribution is 7.09. The Bertz CT molecular complexity index is 609. The van der Waals surface area contributed by atoms with E-state index in [4.69, 9.17) is 5.73 Å². The number of hydrogen-bond acceptors (Lipinski definition) is 5. The van der Waals surface area contributed by atoms with Gasteiger partial charge in [-0.05, 0) is 36.8 Å². The van der Waals surface area contributed by atoms with Gasteiger partial charge in [0.25, 0.3) is 5.91 Å². The van der Waals surface area contributed by atoms with Crippen molar-refractivity contribution in [3.63, 3.8) is 0 Å². The summed E-state index contributed by atoms with van der Waals surface area (Å²) in [6.07, 6.45) is 6.14. The number of aromatic nitrogens is 3. The molecule has 2 aromatic rings. The molecule has 1 aliphatic carbocycles. The number of amides is 1. The zero-order valence-electron chi connectivity index (χ0n) is 12.4. The van der Waals surface area contributed by atoms with Crippen LogP contribution in [-0.4, -0.2) is 33.5 Å². The summed E-state index contributed by atoms with van der Waals surface area (Å²) in [6.45, 7) is 1.27. The lowest BCUT2D eigenvalue weighted by Crippen LogP contribution is -2.44. The van der Waals surface area contributed by atoms with E-state index < -0.39 is 0 Å². The Labute approximate surface area is 133 Å². The highest BCUT2D eigenvalue weighted by atomic mass is 32.1. The lowest BCUT2D eigenvalue weighted by molar-refractivity contribution is 0.0903. The molecule has 0 aliphatic heterocycles. The Morgan fingerprint density at radius 3 is 3.09 bits per heavy atom. The lowest BCUT2D eigenvalue weighted by atomic mass is 9.84. The zero-order valence-corrected chi connectivity index (χ0v) is 13.3. The largest absolute Gasteiger partial charge is 0.348 e. The second-order valence-electron chi connectivity index (χ2n) is 5.74. The van der Waals surface area contributed by atoms with E-state index in [2.05, 4.69) is 15.6 Å². The first-order valence-corrected chi connectivity index (χ1v) is 8.57. The quantitative estimate of drug-likeness (QED) is 0.877. The van der Waals surface area contributed by atoms with Crippen molar-refractivity contribution in [2.75, 3.05) is 6.54 Å². The number of carbonyl (C=O) groups excluding carboxylic acids is 1. The van der Waals surface area contributed by atoms with E-state index >= 15 is 0 Å². The molecule has 22 heavy (non-hydrogen) atoms. The minimum atomic E-state index is -0.150. The van der Waals surface area contributed by atoms with Crippen molar-refractivity contribution >= 4 is 17.2 Å². The van der Waals surface area contributed by atoms with Crippen LogP contribution in [0.2, 0.25) is 0 Å². The summed E-state index contributed by atoms with van der Waals surface area (Å²) in [5.74, 6) is 0.224. The van der Waals surface area contributed by atoms with Crippen molar-refractivity contribution in [1.29, 1.82) is 0 Å². The van der Waals surface area contributed by atoms with Crippen LogP contribution in [0.5, 0.6) is 0 Å². The predicted octanol–water partition coefficient (Wildman–Crippen LogP) is 1.64. The van der Waals surface area contributed by atoms with Gasteiger partial charge in [-0.25, -0.2) is 4.68 Å². The standard InChI is InChI=1S/C15H21N5OS/c16-8-11-4-1-2-6-13(11)17-15(21)14-10-20(19-18-14)9-12-5-3-7-22-12/h3,5,7,10-11,13H,1-2,4,6,8-9,16H2,(H,17,21). The Morgan fingerprint density at radius 1 is 1.45 bits per heavy atom. The molecule has 118 valence electrons. The number of thiophene rings is 1. The van der Waals surface area contributed by atoms with Gasteiger partial charge in [0.1, 0.15) is 0 Å². The highest BCUT2D eigenvalue weighted by Crippen LogP contribution is 2.23. The average molecular weight is 319 g/mol. The summed E-state index contributed by atoms with van der Waals surface area (Å²) in [4.78, 5) is 13.5. The molecule has 1 amide bonds. The molecular formula is C15H21N5OS. The van der Waals surface area contributed by atoms with E-state index in [1.54, 1.807) is 22.2 Å². The maximum atomic E-state index is 12.3. The third-order valence-electron chi connectivity index (χ3n) is 4.20. The second-order valence-corrected chi connectivity index (χ2v) is 6.77. The monoisotopic (exact) mass is 319 g/mol. The summed E-state index contributed by atoms with van der Waals surface area (Å²) >= 11 is 1.66. The molecule has 0 bridgehead atoms. The maximum absolute atomic E-state index is 12.3. The lowest BCUT2D eigenvalue weighted by Gasteiger charge is -2.30. The fourth-order valence-corrected chi connectivity index (χ4v) is 3.66. The van der Waals surface area contributed by atoms with E-state index in [0.29, 0.717) is 24.7 Å². The highest BCUT2D eigenvalue weighted by Gasteiger charge is 2.26. The van der Waals surface area contributed by atoms with Crippen molar-refractivity contribution in [1.82, 2.24) is 20.3 Å². The number of hydrogen-bond donors (Lipinski definition) is 2. The zero-order chi connectivity index (χ0) is 15.4. The maximum Gasteiger partial charge on any atom is 0.273 e. The fraction of sp³-hybridized carbons (Fsp3) is 0.533. The van der Waals surface area contributed by atoms with Crippen molar-refractivity contribution < 1.29 is 4.79 Å². The van der Waals surface area contributed by atoms with Crippen molar-refractivity contribution in [3.05, 3.63) is 34.3 Å². The molecular weight excluding hydrogens is 298 g/mol. The molecule has 1 fully saturated rings. The number of carbonyl (C=O) groups is 1. The smallest absolute Gasteiger partial charge is 0.273 e. The molecule has 6 nitrogen and oxygen atoms in total. The summed E-state index contributed by atoms with van der Waals surface area (Å²) < 4.78 is 1.70. The van der Waals surface area contributed by atoms with Crippen LogP contribution < -0.4 is 11.1 Å². The van der Waals surface area contributed by atoms with E-state index in [1.807, 2.05) is 17.5 Å². The van der Waals surface area contributed by atoms with Gasteiger partial charge in [-0.2, -0.15) is 0 Å². The average Bonchev–Trinajstić information content (AvgIpc) is 3.20. The number of rotatable bonds is 5. The Balaban J connectivity index is 1.61. The molecule has 2 unspecified atom stereocenters. The molecule has 1 saturated carbocycles. The Kier molecular flexibility index (Phi) is 4.84. The number of nitrogens with one attached hydrogen (secondary N) is 1. The molecule has 3 rings (SSSR count). The normalized spacial score (nSPS) is 21.7. The Hall–Kier alpha value is -1.73. The first-order chi connectivity index (χ1) is 10.8. The second kappa shape index (κ2) is 7.02. The van der Waals surface area contributed by atoms with Gasteiger partial charge in [0.2, 0.25) is 0 Å². The first kappa shape index (κ1) is 15.2. The van der Waals surface area contributed by atoms with E-state index in [1.165, 1.54) is 11.3 Å². The van der Waals surface area contributed by atoms with E-state index in [0.717, 1.165) is 19.3 Å². The van der Waals surface area contributed by atoms with Gasteiger partial charge in [0.15, 0.2) is 5.69 Å². The van der Waals surface area contributed by atoms with Gasteiger partial charge < -0.3 is 11.1 Å². The van der Waals surface area contributed by atoms with Crippen LogP contribution in [-0.2, 0) is 6.54 Å². The minimum Gasteiger partial charge on any atom is -0.348 e. The van der Waals surface area contributed by atoms with Gasteiger partial charge in [-0.1, -0.05) is 24.1 Å². The van der Waals surface area contributed by atoms with Gasteiger partial charge in [-0.3, -0.25) is 4.79 Å². The van der Waals surface area contributed by atoms with Crippen molar-refractivity contribution in [2.24, 2.45) is 11.7 Å². The fourth-order valence-electron chi connectivity index (χ4n) is 2.96. The Morgan fingerprint density at radius 2 is 2.32 bits per heavy atom. The van der Waals surface area contributed by atoms with Crippen LogP contribution in [0.25, 0.3) is 0 Å². The van der Waals surface area contributed by atoms with Crippen molar-refractivity contribution in [2.45, 2.75) is 38.3 Å². The minimum absolute atomic E-state index is 0.150. The predicted molar refractivity (Wildman–Crippen MR) is 85.7 cm³/mol. The third kappa shape index (κ3) is 3.53. The molecule has 0 saturated heterocycles. The van der Waals surface area contributed by atoms with Gasteiger partial charge in [-0.15, -0.1) is 16.4 Å². The van der Waals surface area contributed by atoms with E-state index in [9.17, 15) is 4.79 Å². The van der Waals surface area contributed by atoms with Gasteiger partial charge in [0.05, 0.1) is 12.7 Å². The van der Waals surface area contributed by atoms with Gasteiger partial charge >= 0.3 is 0 Å². The molecule has 3 N–H and O–H groups in total. The topological polar surface area (TPSA) is 85.8 Å². The summed E-state index contributed by atoms with van der Waals surface area (Å²) in [5.41, 5.74) is 6.18. The van der Waals surface area contributed by atoms with E-state index in [-0.39, 0.29) is 11.9 Å². The van der Waals surface area contributed by atoms with Crippen LogP contribution in [0.15, 0.2) is 23.7 Å². The molecule has 2 atom stereocenters. The summed E-state index contributed by atoms with van der Waals surface area (Å²) in [6, 6.07) is 4.20. The summed E-state index contributed by atoms with van der Waals surface area (Å²) in [5, 5.41) is 13.1. The molecule has 1 aliphatic rings.